The summed E-state index contributed by atoms with van der Waals surface area (Å²) in [5, 5.41) is 3.79. The van der Waals surface area contributed by atoms with Gasteiger partial charge in [-0.1, -0.05) is 28.9 Å². The molecule has 3 nitrogen and oxygen atoms in total. The summed E-state index contributed by atoms with van der Waals surface area (Å²) in [4.78, 5) is 15.7. The van der Waals surface area contributed by atoms with Crippen LogP contribution in [0.3, 0.4) is 0 Å². The van der Waals surface area contributed by atoms with E-state index in [2.05, 4.69) is 33.2 Å². The topological polar surface area (TPSA) is 42.0 Å². The van der Waals surface area contributed by atoms with Crippen LogP contribution < -0.4 is 5.32 Å². The summed E-state index contributed by atoms with van der Waals surface area (Å²) in [6.45, 7) is 4.07. The van der Waals surface area contributed by atoms with E-state index in [9.17, 15) is 4.79 Å². The fraction of sp³-hybridized carbons (Fsp3) is 0.455. The Morgan fingerprint density at radius 3 is 2.80 bits per heavy atom. The smallest absolute Gasteiger partial charge is 0.270 e. The van der Waals surface area contributed by atoms with Crippen LogP contribution in [0.2, 0.25) is 0 Å². The standard InChI is InChI=1S/C11H15BrN2O/c1-8(7-12)9(2)14-11(15)10-5-3-4-6-13-10/h3-6,8-9H,7H2,1-2H3,(H,14,15). The summed E-state index contributed by atoms with van der Waals surface area (Å²) < 4.78 is 0. The normalized spacial score (nSPS) is 14.3. The maximum Gasteiger partial charge on any atom is 0.270 e. The largest absolute Gasteiger partial charge is 0.348 e. The molecular formula is C11H15BrN2O. The highest BCUT2D eigenvalue weighted by molar-refractivity contribution is 9.09. The van der Waals surface area contributed by atoms with Gasteiger partial charge in [-0.2, -0.15) is 0 Å². The zero-order chi connectivity index (χ0) is 11.3. The lowest BCUT2D eigenvalue weighted by atomic mass is 10.1. The Labute approximate surface area is 98.4 Å². The number of alkyl halides is 1. The first kappa shape index (κ1) is 12.2. The lowest BCUT2D eigenvalue weighted by Gasteiger charge is -2.18. The number of amides is 1. The van der Waals surface area contributed by atoms with Crippen LogP contribution >= 0.6 is 15.9 Å². The van der Waals surface area contributed by atoms with Crippen molar-refractivity contribution in [2.75, 3.05) is 5.33 Å². The lowest BCUT2D eigenvalue weighted by molar-refractivity contribution is 0.0926. The van der Waals surface area contributed by atoms with Crippen LogP contribution in [-0.4, -0.2) is 22.3 Å². The second kappa shape index (κ2) is 5.85. The fourth-order valence-electron chi connectivity index (χ4n) is 1.05. The van der Waals surface area contributed by atoms with Crippen molar-refractivity contribution in [2.24, 2.45) is 5.92 Å². The molecule has 0 aliphatic heterocycles. The van der Waals surface area contributed by atoms with E-state index in [1.54, 1.807) is 24.4 Å². The Hall–Kier alpha value is -0.900. The fourth-order valence-corrected chi connectivity index (χ4v) is 1.61. The number of halogens is 1. The SMILES string of the molecule is CC(CBr)C(C)NC(=O)c1ccccn1. The van der Waals surface area contributed by atoms with Gasteiger partial charge in [-0.15, -0.1) is 0 Å². The van der Waals surface area contributed by atoms with Gasteiger partial charge in [0.05, 0.1) is 0 Å². The molecule has 1 rings (SSSR count). The van der Waals surface area contributed by atoms with Crippen LogP contribution in [0.15, 0.2) is 24.4 Å². The Morgan fingerprint density at radius 1 is 1.53 bits per heavy atom. The molecule has 2 unspecified atom stereocenters. The van der Waals surface area contributed by atoms with Crippen LogP contribution in [0.5, 0.6) is 0 Å². The van der Waals surface area contributed by atoms with E-state index in [1.807, 2.05) is 6.92 Å². The van der Waals surface area contributed by atoms with Crippen molar-refractivity contribution in [1.29, 1.82) is 0 Å². The highest BCUT2D eigenvalue weighted by Crippen LogP contribution is 2.06. The van der Waals surface area contributed by atoms with Crippen molar-refractivity contribution in [3.05, 3.63) is 30.1 Å². The second-order valence-electron chi connectivity index (χ2n) is 3.61. The van der Waals surface area contributed by atoms with Crippen LogP contribution in [-0.2, 0) is 0 Å². The van der Waals surface area contributed by atoms with Crippen molar-refractivity contribution in [2.45, 2.75) is 19.9 Å². The number of rotatable bonds is 4. The molecule has 1 N–H and O–H groups in total. The number of carbonyl (C=O) groups excluding carboxylic acids is 1. The molecule has 1 aromatic heterocycles. The van der Waals surface area contributed by atoms with Gasteiger partial charge in [-0.05, 0) is 25.0 Å². The highest BCUT2D eigenvalue weighted by atomic mass is 79.9. The highest BCUT2D eigenvalue weighted by Gasteiger charge is 2.14. The first-order valence-corrected chi connectivity index (χ1v) is 6.05. The maximum atomic E-state index is 11.7. The third kappa shape index (κ3) is 3.63. The van der Waals surface area contributed by atoms with Gasteiger partial charge in [-0.25, -0.2) is 0 Å². The predicted molar refractivity (Wildman–Crippen MR) is 64.1 cm³/mol. The zero-order valence-electron chi connectivity index (χ0n) is 8.90. The van der Waals surface area contributed by atoms with Crippen LogP contribution in [0.1, 0.15) is 24.3 Å². The predicted octanol–water partition coefficient (Wildman–Crippen LogP) is 2.23. The minimum absolute atomic E-state index is 0.115. The van der Waals surface area contributed by atoms with E-state index in [0.717, 1.165) is 5.33 Å². The Kier molecular flexibility index (Phi) is 4.75. The summed E-state index contributed by atoms with van der Waals surface area (Å²) in [5.74, 6) is 0.286. The summed E-state index contributed by atoms with van der Waals surface area (Å²) in [7, 11) is 0. The average molecular weight is 271 g/mol. The lowest BCUT2D eigenvalue weighted by Crippen LogP contribution is -2.38. The second-order valence-corrected chi connectivity index (χ2v) is 4.26. The Morgan fingerprint density at radius 2 is 2.27 bits per heavy atom. The van der Waals surface area contributed by atoms with Crippen molar-refractivity contribution < 1.29 is 4.79 Å². The van der Waals surface area contributed by atoms with Crippen LogP contribution in [0, 0.1) is 5.92 Å². The van der Waals surface area contributed by atoms with Crippen molar-refractivity contribution in [3.8, 4) is 0 Å². The minimum Gasteiger partial charge on any atom is -0.348 e. The van der Waals surface area contributed by atoms with E-state index in [-0.39, 0.29) is 11.9 Å². The Balaban J connectivity index is 2.57. The molecule has 1 amide bonds. The molecule has 4 heteroatoms. The average Bonchev–Trinajstić information content (AvgIpc) is 2.29. The molecule has 2 atom stereocenters. The van der Waals surface area contributed by atoms with E-state index in [1.165, 1.54) is 0 Å². The molecule has 0 saturated carbocycles. The number of nitrogens with one attached hydrogen (secondary N) is 1. The van der Waals surface area contributed by atoms with Crippen LogP contribution in [0.4, 0.5) is 0 Å². The van der Waals surface area contributed by atoms with E-state index in [4.69, 9.17) is 0 Å². The third-order valence-electron chi connectivity index (χ3n) is 2.35. The van der Waals surface area contributed by atoms with Crippen molar-refractivity contribution in [1.82, 2.24) is 10.3 Å². The van der Waals surface area contributed by atoms with Gasteiger partial charge in [0.15, 0.2) is 0 Å². The molecule has 0 aliphatic rings. The van der Waals surface area contributed by atoms with Crippen molar-refractivity contribution in [3.63, 3.8) is 0 Å². The molecule has 0 aliphatic carbocycles. The van der Waals surface area contributed by atoms with Gasteiger partial charge in [0.1, 0.15) is 5.69 Å². The number of hydrogen-bond acceptors (Lipinski definition) is 2. The maximum absolute atomic E-state index is 11.7. The Bertz CT molecular complexity index is 316. The molecule has 0 spiro atoms. The van der Waals surface area contributed by atoms with Gasteiger partial charge >= 0.3 is 0 Å². The first-order valence-electron chi connectivity index (χ1n) is 4.93. The number of carbonyl (C=O) groups is 1. The monoisotopic (exact) mass is 270 g/mol. The van der Waals surface area contributed by atoms with E-state index >= 15 is 0 Å². The molecular weight excluding hydrogens is 256 g/mol. The van der Waals surface area contributed by atoms with Gasteiger partial charge in [0.25, 0.3) is 5.91 Å². The third-order valence-corrected chi connectivity index (χ3v) is 3.37. The number of pyridine rings is 1. The molecule has 0 bridgehead atoms. The van der Waals surface area contributed by atoms with Gasteiger partial charge in [0.2, 0.25) is 0 Å². The minimum atomic E-state index is -0.115. The van der Waals surface area contributed by atoms with Crippen LogP contribution in [0.25, 0.3) is 0 Å². The number of nitrogens with zero attached hydrogens (tertiary/aromatic N) is 1. The number of aromatic nitrogens is 1. The molecule has 1 aromatic rings. The molecule has 0 aromatic carbocycles. The molecule has 0 saturated heterocycles. The molecule has 1 heterocycles. The summed E-state index contributed by atoms with van der Waals surface area (Å²) in [6.07, 6.45) is 1.62. The molecule has 82 valence electrons. The summed E-state index contributed by atoms with van der Waals surface area (Å²) >= 11 is 3.39. The molecule has 0 fully saturated rings. The van der Waals surface area contributed by atoms with Crippen molar-refractivity contribution >= 4 is 21.8 Å². The molecule has 15 heavy (non-hydrogen) atoms. The summed E-state index contributed by atoms with van der Waals surface area (Å²) in [6, 6.07) is 5.45. The van der Waals surface area contributed by atoms with Gasteiger partial charge < -0.3 is 5.32 Å². The molecule has 0 radical (unpaired) electrons. The number of hydrogen-bond donors (Lipinski definition) is 1. The van der Waals surface area contributed by atoms with Gasteiger partial charge in [-0.3, -0.25) is 9.78 Å². The van der Waals surface area contributed by atoms with E-state index < -0.39 is 0 Å². The zero-order valence-corrected chi connectivity index (χ0v) is 10.5. The van der Waals surface area contributed by atoms with E-state index in [0.29, 0.717) is 11.6 Å². The summed E-state index contributed by atoms with van der Waals surface area (Å²) in [5.41, 5.74) is 0.464. The quantitative estimate of drug-likeness (QED) is 0.853. The first-order chi connectivity index (χ1) is 7.15. The van der Waals surface area contributed by atoms with Gasteiger partial charge in [0, 0.05) is 17.6 Å².